The molecule has 0 spiro atoms. The predicted octanol–water partition coefficient (Wildman–Crippen LogP) is 4.67. The van der Waals surface area contributed by atoms with Crippen LogP contribution in [0.15, 0.2) is 60.3 Å². The van der Waals surface area contributed by atoms with Gasteiger partial charge in [-0.05, 0) is 56.0 Å². The summed E-state index contributed by atoms with van der Waals surface area (Å²) in [5.74, 6) is -0.365. The number of carbonyl (C=O) groups excluding carboxylic acids is 1. The number of aryl methyl sites for hydroxylation is 2. The summed E-state index contributed by atoms with van der Waals surface area (Å²) >= 11 is 0. The third kappa shape index (κ3) is 5.46. The van der Waals surface area contributed by atoms with Gasteiger partial charge in [0.25, 0.3) is 5.91 Å². The monoisotopic (exact) mass is 361 g/mol. The summed E-state index contributed by atoms with van der Waals surface area (Å²) in [6.07, 6.45) is 2.60. The molecule has 2 aromatic carbocycles. The van der Waals surface area contributed by atoms with Crippen LogP contribution < -0.4 is 10.2 Å². The average Bonchev–Trinajstić information content (AvgIpc) is 2.68. The van der Waals surface area contributed by atoms with E-state index in [9.17, 15) is 10.1 Å². The van der Waals surface area contributed by atoms with E-state index in [1.165, 1.54) is 5.56 Å². The Labute approximate surface area is 162 Å². The molecule has 4 heteroatoms. The lowest BCUT2D eigenvalue weighted by atomic mass is 10.0. The van der Waals surface area contributed by atoms with Crippen molar-refractivity contribution < 1.29 is 4.79 Å². The molecular weight excluding hydrogens is 334 g/mol. The van der Waals surface area contributed by atoms with Crippen LogP contribution in [0.5, 0.6) is 0 Å². The van der Waals surface area contributed by atoms with Gasteiger partial charge in [0.1, 0.15) is 11.6 Å². The second-order valence-corrected chi connectivity index (χ2v) is 6.57. The summed E-state index contributed by atoms with van der Waals surface area (Å²) in [5, 5.41) is 12.4. The summed E-state index contributed by atoms with van der Waals surface area (Å²) in [7, 11) is 0. The van der Waals surface area contributed by atoms with Gasteiger partial charge in [-0.1, -0.05) is 43.3 Å². The highest BCUT2D eigenvalue weighted by Crippen LogP contribution is 2.18. The van der Waals surface area contributed by atoms with E-state index in [4.69, 9.17) is 0 Å². The molecule has 1 unspecified atom stereocenters. The van der Waals surface area contributed by atoms with Gasteiger partial charge in [-0.3, -0.25) is 4.79 Å². The van der Waals surface area contributed by atoms with Crippen LogP contribution >= 0.6 is 0 Å². The van der Waals surface area contributed by atoms with Crippen molar-refractivity contribution in [3.8, 4) is 6.07 Å². The molecule has 0 aromatic heterocycles. The number of anilines is 1. The molecule has 0 aliphatic heterocycles. The second kappa shape index (κ2) is 9.59. The van der Waals surface area contributed by atoms with E-state index in [0.29, 0.717) is 6.54 Å². The smallest absolute Gasteiger partial charge is 0.263 e. The predicted molar refractivity (Wildman–Crippen MR) is 110 cm³/mol. The standard InChI is InChI=1S/C23H27N3O/c1-5-19-10-12-20(13-11-19)18(4)25-23(27)21(15-24)16-26(6-2)22-9-7-8-17(3)14-22/h7-14,16,18H,5-6H2,1-4H3,(H,25,27)/b21-16-. The molecule has 1 atom stereocenters. The number of amides is 1. The highest BCUT2D eigenvalue weighted by molar-refractivity contribution is 5.97. The van der Waals surface area contributed by atoms with Gasteiger partial charge in [-0.15, -0.1) is 0 Å². The lowest BCUT2D eigenvalue weighted by molar-refractivity contribution is -0.117. The van der Waals surface area contributed by atoms with Crippen LogP contribution in [0.1, 0.15) is 43.5 Å². The zero-order chi connectivity index (χ0) is 19.8. The Kier molecular flexibility index (Phi) is 7.19. The Balaban J connectivity index is 2.15. The van der Waals surface area contributed by atoms with Crippen LogP contribution in [-0.2, 0) is 11.2 Å². The van der Waals surface area contributed by atoms with Gasteiger partial charge in [0, 0.05) is 18.4 Å². The summed E-state index contributed by atoms with van der Waals surface area (Å²) < 4.78 is 0. The molecule has 0 aliphatic carbocycles. The summed E-state index contributed by atoms with van der Waals surface area (Å²) in [6, 6.07) is 18.0. The van der Waals surface area contributed by atoms with Crippen molar-refractivity contribution in [3.63, 3.8) is 0 Å². The topological polar surface area (TPSA) is 56.1 Å². The van der Waals surface area contributed by atoms with Crippen molar-refractivity contribution in [3.05, 3.63) is 77.0 Å². The van der Waals surface area contributed by atoms with E-state index >= 15 is 0 Å². The van der Waals surface area contributed by atoms with Crippen LogP contribution in [0.4, 0.5) is 5.69 Å². The van der Waals surface area contributed by atoms with E-state index in [1.54, 1.807) is 6.20 Å². The van der Waals surface area contributed by atoms with Gasteiger partial charge in [0.05, 0.1) is 6.04 Å². The SMILES string of the molecule is CCc1ccc(C(C)NC(=O)/C(C#N)=C\N(CC)c2cccc(C)c2)cc1. The van der Waals surface area contributed by atoms with Crippen molar-refractivity contribution in [1.82, 2.24) is 5.32 Å². The average molecular weight is 361 g/mol. The Hall–Kier alpha value is -3.06. The van der Waals surface area contributed by atoms with Crippen LogP contribution in [0.25, 0.3) is 0 Å². The molecule has 0 saturated heterocycles. The Morgan fingerprint density at radius 2 is 1.93 bits per heavy atom. The van der Waals surface area contributed by atoms with E-state index in [1.807, 2.05) is 68.1 Å². The molecule has 1 amide bonds. The third-order valence-electron chi connectivity index (χ3n) is 4.56. The Bertz CT molecular complexity index is 847. The van der Waals surface area contributed by atoms with Crippen LogP contribution in [0.2, 0.25) is 0 Å². The Morgan fingerprint density at radius 3 is 2.48 bits per heavy atom. The minimum Gasteiger partial charge on any atom is -0.347 e. The van der Waals surface area contributed by atoms with Gasteiger partial charge < -0.3 is 10.2 Å². The first kappa shape index (κ1) is 20.3. The maximum absolute atomic E-state index is 12.6. The van der Waals surface area contributed by atoms with E-state index in [2.05, 4.69) is 24.4 Å². The van der Waals surface area contributed by atoms with E-state index < -0.39 is 0 Å². The molecule has 4 nitrogen and oxygen atoms in total. The number of rotatable bonds is 7. The first-order chi connectivity index (χ1) is 13.0. The van der Waals surface area contributed by atoms with Crippen LogP contribution in [-0.4, -0.2) is 12.5 Å². The molecule has 1 N–H and O–H groups in total. The molecule has 140 valence electrons. The summed E-state index contributed by atoms with van der Waals surface area (Å²) in [5.41, 5.74) is 4.46. The molecule has 0 aliphatic rings. The van der Waals surface area contributed by atoms with Gasteiger partial charge in [0.15, 0.2) is 0 Å². The number of hydrogen-bond donors (Lipinski definition) is 1. The number of nitriles is 1. The first-order valence-corrected chi connectivity index (χ1v) is 9.33. The molecule has 2 rings (SSSR count). The molecule has 0 saturated carbocycles. The normalized spacial score (nSPS) is 12.2. The summed E-state index contributed by atoms with van der Waals surface area (Å²) in [6.45, 7) is 8.70. The van der Waals surface area contributed by atoms with E-state index in [-0.39, 0.29) is 17.5 Å². The first-order valence-electron chi connectivity index (χ1n) is 9.33. The van der Waals surface area contributed by atoms with Gasteiger partial charge in [-0.2, -0.15) is 5.26 Å². The van der Waals surface area contributed by atoms with E-state index in [0.717, 1.165) is 23.2 Å². The zero-order valence-electron chi connectivity index (χ0n) is 16.5. The van der Waals surface area contributed by atoms with Crippen LogP contribution in [0, 0.1) is 18.3 Å². The van der Waals surface area contributed by atoms with Gasteiger partial charge >= 0.3 is 0 Å². The molecule has 0 radical (unpaired) electrons. The van der Waals surface area contributed by atoms with Crippen molar-refractivity contribution in [2.24, 2.45) is 0 Å². The number of benzene rings is 2. The van der Waals surface area contributed by atoms with Gasteiger partial charge in [0.2, 0.25) is 0 Å². The fraction of sp³-hybridized carbons (Fsp3) is 0.304. The van der Waals surface area contributed by atoms with Crippen molar-refractivity contribution in [2.75, 3.05) is 11.4 Å². The maximum Gasteiger partial charge on any atom is 0.263 e. The maximum atomic E-state index is 12.6. The molecule has 2 aromatic rings. The fourth-order valence-electron chi connectivity index (χ4n) is 2.85. The van der Waals surface area contributed by atoms with Crippen molar-refractivity contribution in [1.29, 1.82) is 5.26 Å². The number of nitrogens with one attached hydrogen (secondary N) is 1. The number of nitrogens with zero attached hydrogens (tertiary/aromatic N) is 2. The van der Waals surface area contributed by atoms with Gasteiger partial charge in [-0.25, -0.2) is 0 Å². The molecule has 0 fully saturated rings. The lowest BCUT2D eigenvalue weighted by Crippen LogP contribution is -2.29. The minimum absolute atomic E-state index is 0.0929. The van der Waals surface area contributed by atoms with Crippen molar-refractivity contribution in [2.45, 2.75) is 40.2 Å². The highest BCUT2D eigenvalue weighted by Gasteiger charge is 2.15. The number of carbonyl (C=O) groups is 1. The Morgan fingerprint density at radius 1 is 1.22 bits per heavy atom. The molecule has 27 heavy (non-hydrogen) atoms. The molecule has 0 heterocycles. The zero-order valence-corrected chi connectivity index (χ0v) is 16.5. The third-order valence-corrected chi connectivity index (χ3v) is 4.56. The van der Waals surface area contributed by atoms with Crippen LogP contribution in [0.3, 0.4) is 0 Å². The molecule has 0 bridgehead atoms. The second-order valence-electron chi connectivity index (χ2n) is 6.57. The fourth-order valence-corrected chi connectivity index (χ4v) is 2.85. The largest absolute Gasteiger partial charge is 0.347 e. The summed E-state index contributed by atoms with van der Waals surface area (Å²) in [4.78, 5) is 14.5. The lowest BCUT2D eigenvalue weighted by Gasteiger charge is -2.20. The number of hydrogen-bond acceptors (Lipinski definition) is 3. The van der Waals surface area contributed by atoms with Crippen molar-refractivity contribution >= 4 is 11.6 Å². The minimum atomic E-state index is -0.365. The quantitative estimate of drug-likeness (QED) is 0.576. The molecular formula is C23H27N3O. The highest BCUT2D eigenvalue weighted by atomic mass is 16.1.